The van der Waals surface area contributed by atoms with Gasteiger partial charge in [0.15, 0.2) is 0 Å². The van der Waals surface area contributed by atoms with E-state index in [2.05, 4.69) is 38.8 Å². The van der Waals surface area contributed by atoms with Crippen molar-refractivity contribution < 1.29 is 23.7 Å². The molecule has 4 saturated carbocycles. The highest BCUT2D eigenvalue weighted by molar-refractivity contribution is 7.93. The summed E-state index contributed by atoms with van der Waals surface area (Å²) in [4.78, 5) is 4.39. The standard InChI is InChI=1S/C27H39NO3S2.C20H36O2/c1-19(9-7-16-26(2,3)29)21-13-14-22-20(10-8-17-27(21,22)4)15-18-33(30,31)25-28-23-11-5-6-12-24(23)32-25;1-15(7-5-12-19(2,3)22)17-9-10-18-16(11-14-21)8-6-13-20(17,18)4/h5-6,11-12,15,19,21-22,29H,7-10,13-14,16-18H2,1-4H3;11,15,17-18,21-22H,5-10,12-14H2,1-4H3/b20-15+;16-11+/t19-,21-,22+,27-;15-,17-,18+,20-/m11/s1. The Morgan fingerprint density at radius 1 is 0.818 bits per heavy atom. The molecular formula is C47H75NO5S2. The summed E-state index contributed by atoms with van der Waals surface area (Å²) in [6.07, 6.45) is 22.7. The van der Waals surface area contributed by atoms with Crippen molar-refractivity contribution in [2.45, 2.75) is 174 Å². The minimum Gasteiger partial charge on any atom is -0.392 e. The molecule has 8 heteroatoms. The molecule has 2 aromatic rings. The van der Waals surface area contributed by atoms with Gasteiger partial charge in [-0.3, -0.25) is 0 Å². The summed E-state index contributed by atoms with van der Waals surface area (Å²) < 4.78 is 27.3. The third kappa shape index (κ3) is 10.9. The normalized spacial score (nSPS) is 31.3. The number of benzene rings is 1. The van der Waals surface area contributed by atoms with Crippen molar-refractivity contribution in [3.8, 4) is 0 Å². The Balaban J connectivity index is 0.000000229. The van der Waals surface area contributed by atoms with E-state index in [4.69, 9.17) is 0 Å². The summed E-state index contributed by atoms with van der Waals surface area (Å²) in [6.45, 7) is 17.6. The van der Waals surface area contributed by atoms with Crippen LogP contribution in [0, 0.1) is 46.3 Å². The minimum atomic E-state index is -3.42. The number of allylic oxidation sites excluding steroid dienone is 2. The third-order valence-electron chi connectivity index (χ3n) is 14.8. The topological polar surface area (TPSA) is 108 Å². The average Bonchev–Trinajstić information content (AvgIpc) is 3.80. The van der Waals surface area contributed by atoms with Gasteiger partial charge in [0.25, 0.3) is 0 Å². The molecule has 0 aliphatic heterocycles. The van der Waals surface area contributed by atoms with Crippen molar-refractivity contribution in [2.24, 2.45) is 46.3 Å². The van der Waals surface area contributed by atoms with Crippen LogP contribution in [0.4, 0.5) is 0 Å². The minimum absolute atomic E-state index is 0.0561. The lowest BCUT2D eigenvalue weighted by atomic mass is 9.60. The van der Waals surface area contributed by atoms with Crippen molar-refractivity contribution in [1.29, 1.82) is 0 Å². The first kappa shape index (κ1) is 44.5. The molecule has 4 aliphatic rings. The number of aliphatic hydroxyl groups excluding tert-OH is 1. The maximum Gasteiger partial charge on any atom is 0.210 e. The Bertz CT molecular complexity index is 1700. The number of sulfone groups is 1. The first-order valence-corrected chi connectivity index (χ1v) is 24.3. The van der Waals surface area contributed by atoms with Gasteiger partial charge < -0.3 is 15.3 Å². The van der Waals surface area contributed by atoms with Crippen LogP contribution in [-0.4, -0.2) is 52.3 Å². The summed E-state index contributed by atoms with van der Waals surface area (Å²) in [5.74, 6) is 4.11. The Morgan fingerprint density at radius 3 is 1.78 bits per heavy atom. The summed E-state index contributed by atoms with van der Waals surface area (Å²) >= 11 is 1.28. The lowest BCUT2D eigenvalue weighted by Crippen LogP contribution is -2.36. The van der Waals surface area contributed by atoms with Gasteiger partial charge in [-0.2, -0.15) is 0 Å². The molecule has 1 heterocycles. The van der Waals surface area contributed by atoms with Crippen molar-refractivity contribution in [3.05, 3.63) is 47.6 Å². The molecule has 55 heavy (non-hydrogen) atoms. The maximum atomic E-state index is 13.1. The molecule has 0 saturated heterocycles. The lowest BCUT2D eigenvalue weighted by molar-refractivity contribution is 0.0589. The molecule has 310 valence electrons. The molecule has 8 atom stereocenters. The van der Waals surface area contributed by atoms with E-state index in [1.54, 1.807) is 0 Å². The van der Waals surface area contributed by atoms with E-state index in [1.807, 2.05) is 58.0 Å². The van der Waals surface area contributed by atoms with Crippen LogP contribution in [0.3, 0.4) is 0 Å². The van der Waals surface area contributed by atoms with Crippen molar-refractivity contribution in [3.63, 3.8) is 0 Å². The van der Waals surface area contributed by atoms with E-state index in [0.717, 1.165) is 67.0 Å². The van der Waals surface area contributed by atoms with E-state index in [0.29, 0.717) is 29.1 Å². The highest BCUT2D eigenvalue weighted by Gasteiger charge is 2.51. The second-order valence-electron chi connectivity index (χ2n) is 20.0. The predicted molar refractivity (Wildman–Crippen MR) is 230 cm³/mol. The first-order chi connectivity index (χ1) is 25.8. The third-order valence-corrected chi connectivity index (χ3v) is 17.9. The molecule has 6 nitrogen and oxygen atoms in total. The van der Waals surface area contributed by atoms with E-state index in [9.17, 15) is 23.7 Å². The molecule has 3 N–H and O–H groups in total. The number of nitrogens with zero attached hydrogens (tertiary/aromatic N) is 1. The smallest absolute Gasteiger partial charge is 0.210 e. The van der Waals surface area contributed by atoms with Crippen LogP contribution in [0.1, 0.15) is 158 Å². The van der Waals surface area contributed by atoms with Crippen LogP contribution in [0.2, 0.25) is 0 Å². The molecule has 0 spiro atoms. The number of fused-ring (bicyclic) bond motifs is 3. The lowest BCUT2D eigenvalue weighted by Gasteiger charge is -2.44. The second kappa shape index (κ2) is 18.1. The van der Waals surface area contributed by atoms with Crippen LogP contribution >= 0.6 is 11.3 Å². The predicted octanol–water partition coefficient (Wildman–Crippen LogP) is 11.5. The number of hydrogen-bond acceptors (Lipinski definition) is 7. The van der Waals surface area contributed by atoms with Gasteiger partial charge in [-0.25, -0.2) is 13.4 Å². The van der Waals surface area contributed by atoms with E-state index >= 15 is 0 Å². The fourth-order valence-corrected chi connectivity index (χ4v) is 14.5. The first-order valence-electron chi connectivity index (χ1n) is 21.8. The van der Waals surface area contributed by atoms with Gasteiger partial charge in [0, 0.05) is 0 Å². The second-order valence-corrected chi connectivity index (χ2v) is 23.3. The van der Waals surface area contributed by atoms with Crippen molar-refractivity contribution in [1.82, 2.24) is 4.98 Å². The molecule has 0 amide bonds. The highest BCUT2D eigenvalue weighted by atomic mass is 32.2. The molecular weight excluding hydrogens is 723 g/mol. The van der Waals surface area contributed by atoms with E-state index in [1.165, 1.54) is 80.3 Å². The Kier molecular flexibility index (Phi) is 14.7. The molecule has 4 aliphatic carbocycles. The number of para-hydroxylation sites is 1. The van der Waals surface area contributed by atoms with Crippen LogP contribution in [0.15, 0.2) is 51.9 Å². The maximum absolute atomic E-state index is 13.1. The number of rotatable bonds is 14. The zero-order valence-electron chi connectivity index (χ0n) is 35.6. The summed E-state index contributed by atoms with van der Waals surface area (Å²) in [5, 5.41) is 29.2. The summed E-state index contributed by atoms with van der Waals surface area (Å²) in [5.41, 5.74) is 3.24. The van der Waals surface area contributed by atoms with Gasteiger partial charge >= 0.3 is 0 Å². The Morgan fingerprint density at radius 2 is 1.31 bits per heavy atom. The van der Waals surface area contributed by atoms with Crippen molar-refractivity contribution >= 4 is 31.4 Å². The number of aliphatic hydroxyl groups is 3. The quantitative estimate of drug-likeness (QED) is 0.164. The van der Waals surface area contributed by atoms with Gasteiger partial charge in [-0.05, 0) is 163 Å². The van der Waals surface area contributed by atoms with Gasteiger partial charge in [0.1, 0.15) is 0 Å². The van der Waals surface area contributed by atoms with E-state index < -0.39 is 21.0 Å². The number of thiazole rings is 1. The number of aromatic nitrogens is 1. The van der Waals surface area contributed by atoms with Gasteiger partial charge in [0.05, 0.1) is 33.8 Å². The molecule has 1 aromatic heterocycles. The monoisotopic (exact) mass is 798 g/mol. The van der Waals surface area contributed by atoms with Gasteiger partial charge in [-0.1, -0.05) is 88.8 Å². The molecule has 0 radical (unpaired) electrons. The van der Waals surface area contributed by atoms with E-state index in [-0.39, 0.29) is 22.1 Å². The fourth-order valence-electron chi connectivity index (χ4n) is 12.0. The summed E-state index contributed by atoms with van der Waals surface area (Å²) in [7, 11) is -3.42. The van der Waals surface area contributed by atoms with Gasteiger partial charge in [-0.15, -0.1) is 11.3 Å². The number of hydrogen-bond donors (Lipinski definition) is 3. The largest absolute Gasteiger partial charge is 0.392 e. The molecule has 6 rings (SSSR count). The zero-order chi connectivity index (χ0) is 40.2. The van der Waals surface area contributed by atoms with Crippen LogP contribution in [0.25, 0.3) is 10.2 Å². The average molecular weight is 798 g/mol. The van der Waals surface area contributed by atoms with Crippen LogP contribution < -0.4 is 0 Å². The van der Waals surface area contributed by atoms with Gasteiger partial charge in [0.2, 0.25) is 14.2 Å². The van der Waals surface area contributed by atoms with Crippen LogP contribution in [0.5, 0.6) is 0 Å². The Labute approximate surface area is 338 Å². The molecule has 0 unspecified atom stereocenters. The summed E-state index contributed by atoms with van der Waals surface area (Å²) in [6, 6.07) is 7.62. The Hall–Kier alpha value is -1.58. The molecule has 4 fully saturated rings. The SMILES string of the molecule is C[C@H](CCCC(C)(C)O)[C@H]1CC[C@H]2/C(=C/CO)CCC[C@]12C.C[C@H](CCCC(C)(C)O)[C@H]1CC[C@H]2/C(=C/CS(=O)(=O)c3nc4ccccc4s3)CCC[C@]12C. The zero-order valence-corrected chi connectivity index (χ0v) is 37.2. The fraction of sp³-hybridized carbons (Fsp3) is 0.766. The van der Waals surface area contributed by atoms with Crippen molar-refractivity contribution in [2.75, 3.05) is 12.4 Å². The molecule has 1 aromatic carbocycles. The van der Waals surface area contributed by atoms with Crippen LogP contribution in [-0.2, 0) is 9.84 Å². The highest BCUT2D eigenvalue weighted by Crippen LogP contribution is 2.61. The molecule has 0 bridgehead atoms.